The standard InChI is InChI=1S/C13H10ClNO3S2/c1-18-11(16)6-10-12(17)15(13(19)20-10)7-8-2-4-9(14)5-3-8/h2-6H,7H2,1H3/b10-6+. The van der Waals surface area contributed by atoms with Gasteiger partial charge in [0.2, 0.25) is 0 Å². The molecular formula is C13H10ClNO3S2. The number of nitrogens with zero attached hydrogens (tertiary/aromatic N) is 1. The first-order valence-electron chi connectivity index (χ1n) is 5.59. The Morgan fingerprint density at radius 3 is 2.70 bits per heavy atom. The van der Waals surface area contributed by atoms with Crippen molar-refractivity contribution in [2.24, 2.45) is 0 Å². The number of halogens is 1. The van der Waals surface area contributed by atoms with Crippen LogP contribution in [0.2, 0.25) is 5.02 Å². The van der Waals surface area contributed by atoms with Crippen molar-refractivity contribution in [1.29, 1.82) is 0 Å². The van der Waals surface area contributed by atoms with Gasteiger partial charge in [-0.1, -0.05) is 47.7 Å². The molecule has 0 spiro atoms. The largest absolute Gasteiger partial charge is 0.466 e. The van der Waals surface area contributed by atoms with Crippen molar-refractivity contribution in [3.05, 3.63) is 45.8 Å². The molecule has 7 heteroatoms. The average Bonchev–Trinajstić information content (AvgIpc) is 2.68. The minimum absolute atomic E-state index is 0.274. The number of amides is 1. The van der Waals surface area contributed by atoms with Crippen LogP contribution in [-0.2, 0) is 20.9 Å². The van der Waals surface area contributed by atoms with Crippen LogP contribution >= 0.6 is 35.6 Å². The van der Waals surface area contributed by atoms with Gasteiger partial charge in [0.25, 0.3) is 5.91 Å². The number of carbonyl (C=O) groups is 2. The summed E-state index contributed by atoms with van der Waals surface area (Å²) in [5.41, 5.74) is 0.907. The molecule has 0 N–H and O–H groups in total. The first kappa shape index (κ1) is 15.0. The molecule has 20 heavy (non-hydrogen) atoms. The van der Waals surface area contributed by atoms with Crippen LogP contribution in [0.15, 0.2) is 35.2 Å². The van der Waals surface area contributed by atoms with Gasteiger partial charge in [-0.05, 0) is 17.7 Å². The lowest BCUT2D eigenvalue weighted by molar-refractivity contribution is -0.135. The number of methoxy groups -OCH3 is 1. The highest BCUT2D eigenvalue weighted by molar-refractivity contribution is 8.26. The summed E-state index contributed by atoms with van der Waals surface area (Å²) in [7, 11) is 1.26. The van der Waals surface area contributed by atoms with Gasteiger partial charge in [-0.3, -0.25) is 9.69 Å². The summed E-state index contributed by atoms with van der Waals surface area (Å²) in [6, 6.07) is 7.15. The maximum absolute atomic E-state index is 12.2. The second-order valence-corrected chi connectivity index (χ2v) is 6.03. The van der Waals surface area contributed by atoms with E-state index in [1.165, 1.54) is 12.0 Å². The fraction of sp³-hybridized carbons (Fsp3) is 0.154. The van der Waals surface area contributed by atoms with E-state index in [0.29, 0.717) is 15.9 Å². The molecule has 1 aliphatic heterocycles. The van der Waals surface area contributed by atoms with E-state index < -0.39 is 5.97 Å². The number of hydrogen-bond acceptors (Lipinski definition) is 5. The highest BCUT2D eigenvalue weighted by Gasteiger charge is 2.32. The Hall–Kier alpha value is -1.37. The smallest absolute Gasteiger partial charge is 0.331 e. The van der Waals surface area contributed by atoms with Crippen LogP contribution in [0.1, 0.15) is 5.56 Å². The van der Waals surface area contributed by atoms with Gasteiger partial charge in [0.15, 0.2) is 0 Å². The highest BCUT2D eigenvalue weighted by atomic mass is 35.5. The van der Waals surface area contributed by atoms with Crippen LogP contribution in [0.4, 0.5) is 0 Å². The summed E-state index contributed by atoms with van der Waals surface area (Å²) in [4.78, 5) is 25.1. The van der Waals surface area contributed by atoms with Crippen LogP contribution in [0.3, 0.4) is 0 Å². The number of benzene rings is 1. The molecule has 1 aromatic carbocycles. The summed E-state index contributed by atoms with van der Waals surface area (Å²) in [5.74, 6) is -0.864. The molecule has 1 saturated heterocycles. The van der Waals surface area contributed by atoms with Crippen molar-refractivity contribution >= 4 is 51.8 Å². The predicted octanol–water partition coefficient (Wildman–Crippen LogP) is 2.76. The number of carbonyl (C=O) groups excluding carboxylic acids is 2. The van der Waals surface area contributed by atoms with E-state index in [1.807, 2.05) is 12.1 Å². The number of hydrogen-bond donors (Lipinski definition) is 0. The molecule has 1 aliphatic rings. The van der Waals surface area contributed by atoms with Gasteiger partial charge in [-0.15, -0.1) is 0 Å². The summed E-state index contributed by atoms with van der Waals surface area (Å²) >= 11 is 12.1. The molecule has 0 saturated carbocycles. The van der Waals surface area contributed by atoms with Crippen LogP contribution in [-0.4, -0.2) is 28.2 Å². The van der Waals surface area contributed by atoms with Gasteiger partial charge in [0.1, 0.15) is 4.32 Å². The minimum Gasteiger partial charge on any atom is -0.466 e. The van der Waals surface area contributed by atoms with E-state index in [-0.39, 0.29) is 10.8 Å². The molecule has 1 aromatic rings. The Morgan fingerprint density at radius 2 is 2.10 bits per heavy atom. The molecule has 4 nitrogen and oxygen atoms in total. The van der Waals surface area contributed by atoms with E-state index in [9.17, 15) is 9.59 Å². The van der Waals surface area contributed by atoms with Crippen LogP contribution in [0, 0.1) is 0 Å². The number of esters is 1. The van der Waals surface area contributed by atoms with E-state index in [2.05, 4.69) is 4.74 Å². The quantitative estimate of drug-likeness (QED) is 0.485. The summed E-state index contributed by atoms with van der Waals surface area (Å²) in [6.45, 7) is 0.348. The fourth-order valence-electron chi connectivity index (χ4n) is 1.57. The predicted molar refractivity (Wildman–Crippen MR) is 82.3 cm³/mol. The minimum atomic E-state index is -0.572. The normalized spacial score (nSPS) is 16.9. The van der Waals surface area contributed by atoms with Crippen LogP contribution in [0.5, 0.6) is 0 Å². The average molecular weight is 328 g/mol. The maximum atomic E-state index is 12.2. The third-order valence-corrected chi connectivity index (χ3v) is 4.21. The molecule has 1 amide bonds. The first-order chi connectivity index (χ1) is 9.51. The number of rotatable bonds is 3. The first-order valence-corrected chi connectivity index (χ1v) is 7.19. The Kier molecular flexibility index (Phi) is 4.80. The monoisotopic (exact) mass is 327 g/mol. The third kappa shape index (κ3) is 3.39. The zero-order chi connectivity index (χ0) is 14.7. The van der Waals surface area contributed by atoms with E-state index >= 15 is 0 Å². The lowest BCUT2D eigenvalue weighted by Crippen LogP contribution is -2.27. The zero-order valence-corrected chi connectivity index (χ0v) is 12.8. The van der Waals surface area contributed by atoms with Crippen molar-refractivity contribution < 1.29 is 14.3 Å². The van der Waals surface area contributed by atoms with Crippen molar-refractivity contribution in [1.82, 2.24) is 4.90 Å². The van der Waals surface area contributed by atoms with E-state index in [1.54, 1.807) is 12.1 Å². The fourth-order valence-corrected chi connectivity index (χ4v) is 2.92. The maximum Gasteiger partial charge on any atom is 0.331 e. The number of thioether (sulfide) groups is 1. The number of thiocarbonyl (C=S) groups is 1. The molecule has 0 atom stereocenters. The molecule has 0 radical (unpaired) electrons. The second kappa shape index (κ2) is 6.39. The third-order valence-electron chi connectivity index (χ3n) is 2.58. The topological polar surface area (TPSA) is 46.6 Å². The molecule has 0 unspecified atom stereocenters. The van der Waals surface area contributed by atoms with Gasteiger partial charge < -0.3 is 4.74 Å². The zero-order valence-electron chi connectivity index (χ0n) is 10.5. The van der Waals surface area contributed by atoms with Crippen molar-refractivity contribution in [2.45, 2.75) is 6.54 Å². The van der Waals surface area contributed by atoms with Gasteiger partial charge in [0.05, 0.1) is 18.6 Å². The highest BCUT2D eigenvalue weighted by Crippen LogP contribution is 2.32. The van der Waals surface area contributed by atoms with Crippen molar-refractivity contribution in [3.63, 3.8) is 0 Å². The molecule has 0 aliphatic carbocycles. The molecular weight excluding hydrogens is 318 g/mol. The molecule has 2 rings (SSSR count). The summed E-state index contributed by atoms with van der Waals surface area (Å²) < 4.78 is 4.92. The SMILES string of the molecule is COC(=O)/C=C1/SC(=S)N(Cc2ccc(Cl)cc2)C1=O. The Bertz CT molecular complexity index is 598. The van der Waals surface area contributed by atoms with Gasteiger partial charge in [-0.25, -0.2) is 4.79 Å². The molecule has 104 valence electrons. The summed E-state index contributed by atoms with van der Waals surface area (Å²) in [5, 5.41) is 0.629. The van der Waals surface area contributed by atoms with Gasteiger partial charge in [0, 0.05) is 11.1 Å². The van der Waals surface area contributed by atoms with Crippen molar-refractivity contribution in [3.8, 4) is 0 Å². The summed E-state index contributed by atoms with van der Waals surface area (Å²) in [6.07, 6.45) is 1.15. The van der Waals surface area contributed by atoms with Crippen molar-refractivity contribution in [2.75, 3.05) is 7.11 Å². The van der Waals surface area contributed by atoms with Crippen LogP contribution in [0.25, 0.3) is 0 Å². The Morgan fingerprint density at radius 1 is 1.45 bits per heavy atom. The van der Waals surface area contributed by atoms with Gasteiger partial charge in [-0.2, -0.15) is 0 Å². The lowest BCUT2D eigenvalue weighted by atomic mass is 10.2. The van der Waals surface area contributed by atoms with E-state index in [4.69, 9.17) is 23.8 Å². The van der Waals surface area contributed by atoms with E-state index in [0.717, 1.165) is 23.4 Å². The lowest BCUT2D eigenvalue weighted by Gasteiger charge is -2.14. The van der Waals surface area contributed by atoms with Gasteiger partial charge >= 0.3 is 5.97 Å². The molecule has 1 fully saturated rings. The Labute approximate surface area is 130 Å². The second-order valence-electron chi connectivity index (χ2n) is 3.92. The molecule has 1 heterocycles. The Balaban J connectivity index is 2.15. The molecule has 0 aromatic heterocycles. The number of ether oxygens (including phenoxy) is 1. The van der Waals surface area contributed by atoms with Crippen LogP contribution < -0.4 is 0 Å². The molecule has 0 bridgehead atoms.